The van der Waals surface area contributed by atoms with Gasteiger partial charge in [-0.2, -0.15) is 0 Å². The van der Waals surface area contributed by atoms with Gasteiger partial charge in [0.1, 0.15) is 17.4 Å². The minimum atomic E-state index is -0.414. The first-order valence-corrected chi connectivity index (χ1v) is 10.6. The molecule has 31 heavy (non-hydrogen) atoms. The molecule has 2 heterocycles. The quantitative estimate of drug-likeness (QED) is 0.444. The van der Waals surface area contributed by atoms with Crippen molar-refractivity contribution in [1.82, 2.24) is 24.1 Å². The Morgan fingerprint density at radius 3 is 2.58 bits per heavy atom. The van der Waals surface area contributed by atoms with Crippen LogP contribution >= 0.6 is 11.8 Å². The van der Waals surface area contributed by atoms with E-state index in [0.29, 0.717) is 23.8 Å². The summed E-state index contributed by atoms with van der Waals surface area (Å²) in [6.45, 7) is 2.71. The second-order valence-corrected chi connectivity index (χ2v) is 7.88. The SMILES string of the molecule is CCN(Cc1ccccc1)C(=O)Cn1nc2c(Sc3ccc(F)cc3)nccn2c1=O. The van der Waals surface area contributed by atoms with E-state index in [4.69, 9.17) is 0 Å². The third kappa shape index (κ3) is 4.66. The molecule has 0 bridgehead atoms. The number of hydrogen-bond donors (Lipinski definition) is 0. The van der Waals surface area contributed by atoms with Crippen LogP contribution in [0.5, 0.6) is 0 Å². The number of likely N-dealkylation sites (N-methyl/N-ethyl adjacent to an activating group) is 1. The molecule has 4 rings (SSSR count). The molecule has 4 aromatic rings. The molecule has 0 aliphatic rings. The lowest BCUT2D eigenvalue weighted by molar-refractivity contribution is -0.132. The standard InChI is InChI=1S/C22H20FN5O2S/c1-2-26(14-16-6-4-3-5-7-16)19(29)15-28-22(30)27-13-12-24-21(20(27)25-28)31-18-10-8-17(23)9-11-18/h3-13H,2,14-15H2,1H3. The summed E-state index contributed by atoms with van der Waals surface area (Å²) < 4.78 is 15.7. The number of benzene rings is 2. The normalized spacial score (nSPS) is 11.0. The molecule has 0 unspecified atom stereocenters. The number of rotatable bonds is 7. The zero-order chi connectivity index (χ0) is 21.8. The highest BCUT2D eigenvalue weighted by atomic mass is 32.2. The Bertz CT molecular complexity index is 1250. The van der Waals surface area contributed by atoms with Crippen LogP contribution in [-0.4, -0.2) is 36.5 Å². The van der Waals surface area contributed by atoms with Gasteiger partial charge in [-0.3, -0.25) is 4.79 Å². The number of amides is 1. The highest BCUT2D eigenvalue weighted by Gasteiger charge is 2.18. The van der Waals surface area contributed by atoms with Crippen molar-refractivity contribution < 1.29 is 9.18 Å². The molecule has 1 amide bonds. The first-order chi connectivity index (χ1) is 15.0. The second-order valence-electron chi connectivity index (χ2n) is 6.82. The molecular formula is C22H20FN5O2S. The molecule has 9 heteroatoms. The van der Waals surface area contributed by atoms with Crippen LogP contribution in [0.2, 0.25) is 0 Å². The smallest absolute Gasteiger partial charge is 0.337 e. The largest absolute Gasteiger partial charge is 0.350 e. The molecule has 0 saturated carbocycles. The number of hydrogen-bond acceptors (Lipinski definition) is 5. The van der Waals surface area contributed by atoms with Crippen molar-refractivity contribution in [2.45, 2.75) is 29.9 Å². The molecule has 158 valence electrons. The number of halogens is 1. The van der Waals surface area contributed by atoms with Gasteiger partial charge < -0.3 is 4.90 Å². The Labute approximate surface area is 182 Å². The summed E-state index contributed by atoms with van der Waals surface area (Å²) in [6.07, 6.45) is 3.02. The fourth-order valence-electron chi connectivity index (χ4n) is 3.12. The first kappa shape index (κ1) is 20.8. The van der Waals surface area contributed by atoms with Crippen molar-refractivity contribution in [3.63, 3.8) is 0 Å². The number of carbonyl (C=O) groups is 1. The van der Waals surface area contributed by atoms with Crippen LogP contribution in [0.4, 0.5) is 4.39 Å². The molecule has 0 radical (unpaired) electrons. The van der Waals surface area contributed by atoms with Crippen LogP contribution in [0.3, 0.4) is 0 Å². The van der Waals surface area contributed by atoms with E-state index in [2.05, 4.69) is 10.1 Å². The van der Waals surface area contributed by atoms with E-state index in [1.807, 2.05) is 37.3 Å². The van der Waals surface area contributed by atoms with Gasteiger partial charge in [-0.25, -0.2) is 23.3 Å². The van der Waals surface area contributed by atoms with Gasteiger partial charge in [-0.1, -0.05) is 42.1 Å². The summed E-state index contributed by atoms with van der Waals surface area (Å²) in [5.74, 6) is -0.525. The average molecular weight is 438 g/mol. The van der Waals surface area contributed by atoms with E-state index in [0.717, 1.165) is 15.1 Å². The molecule has 0 N–H and O–H groups in total. The van der Waals surface area contributed by atoms with Gasteiger partial charge in [0.15, 0.2) is 5.65 Å². The summed E-state index contributed by atoms with van der Waals surface area (Å²) in [4.78, 5) is 32.4. The van der Waals surface area contributed by atoms with Gasteiger partial charge in [0.2, 0.25) is 5.91 Å². The van der Waals surface area contributed by atoms with Gasteiger partial charge in [0.25, 0.3) is 0 Å². The lowest BCUT2D eigenvalue weighted by atomic mass is 10.2. The molecule has 0 saturated heterocycles. The van der Waals surface area contributed by atoms with Gasteiger partial charge in [0, 0.05) is 30.4 Å². The predicted octanol–water partition coefficient (Wildman–Crippen LogP) is 3.23. The number of fused-ring (bicyclic) bond motifs is 1. The highest BCUT2D eigenvalue weighted by Crippen LogP contribution is 2.28. The zero-order valence-electron chi connectivity index (χ0n) is 16.8. The lowest BCUT2D eigenvalue weighted by Gasteiger charge is -2.20. The number of aromatic nitrogens is 4. The lowest BCUT2D eigenvalue weighted by Crippen LogP contribution is -2.36. The van der Waals surface area contributed by atoms with E-state index < -0.39 is 5.69 Å². The van der Waals surface area contributed by atoms with Crippen molar-refractivity contribution in [1.29, 1.82) is 0 Å². The second kappa shape index (κ2) is 9.13. The Balaban J connectivity index is 1.58. The van der Waals surface area contributed by atoms with E-state index >= 15 is 0 Å². The molecule has 7 nitrogen and oxygen atoms in total. The van der Waals surface area contributed by atoms with E-state index in [1.165, 1.54) is 40.7 Å². The monoisotopic (exact) mass is 437 g/mol. The molecule has 0 fully saturated rings. The van der Waals surface area contributed by atoms with Crippen molar-refractivity contribution in [2.75, 3.05) is 6.54 Å². The third-order valence-electron chi connectivity index (χ3n) is 4.73. The van der Waals surface area contributed by atoms with Gasteiger partial charge in [-0.15, -0.1) is 5.10 Å². The Kier molecular flexibility index (Phi) is 6.13. The van der Waals surface area contributed by atoms with E-state index in [9.17, 15) is 14.0 Å². The topological polar surface area (TPSA) is 72.5 Å². The van der Waals surface area contributed by atoms with Crippen molar-refractivity contribution in [2.24, 2.45) is 0 Å². The highest BCUT2D eigenvalue weighted by molar-refractivity contribution is 7.99. The maximum absolute atomic E-state index is 13.2. The summed E-state index contributed by atoms with van der Waals surface area (Å²) in [5.41, 5.74) is 0.949. The van der Waals surface area contributed by atoms with Crippen LogP contribution in [0.1, 0.15) is 12.5 Å². The summed E-state index contributed by atoms with van der Waals surface area (Å²) in [6, 6.07) is 15.7. The van der Waals surface area contributed by atoms with Crippen LogP contribution in [0, 0.1) is 5.82 Å². The average Bonchev–Trinajstić information content (AvgIpc) is 3.10. The fourth-order valence-corrected chi connectivity index (χ4v) is 3.96. The zero-order valence-corrected chi connectivity index (χ0v) is 17.6. The fraction of sp³-hybridized carbons (Fsp3) is 0.182. The maximum atomic E-state index is 13.2. The maximum Gasteiger partial charge on any atom is 0.350 e. The van der Waals surface area contributed by atoms with Crippen molar-refractivity contribution in [3.8, 4) is 0 Å². The molecule has 0 spiro atoms. The van der Waals surface area contributed by atoms with Crippen molar-refractivity contribution in [3.05, 3.63) is 88.9 Å². The molecule has 2 aromatic heterocycles. The molecule has 0 aliphatic carbocycles. The van der Waals surface area contributed by atoms with Gasteiger partial charge in [-0.05, 0) is 36.8 Å². The molecule has 2 aromatic carbocycles. The third-order valence-corrected chi connectivity index (χ3v) is 5.72. The Morgan fingerprint density at radius 2 is 1.87 bits per heavy atom. The summed E-state index contributed by atoms with van der Waals surface area (Å²) in [5, 5.41) is 4.85. The number of nitrogens with zero attached hydrogens (tertiary/aromatic N) is 5. The van der Waals surface area contributed by atoms with Gasteiger partial charge in [0.05, 0.1) is 0 Å². The van der Waals surface area contributed by atoms with Crippen molar-refractivity contribution >= 4 is 23.3 Å². The Hall–Kier alpha value is -3.46. The van der Waals surface area contributed by atoms with Crippen LogP contribution in [0.15, 0.2) is 81.7 Å². The molecule has 0 atom stereocenters. The number of carbonyl (C=O) groups excluding carboxylic acids is 1. The summed E-state index contributed by atoms with van der Waals surface area (Å²) >= 11 is 1.27. The van der Waals surface area contributed by atoms with E-state index in [1.54, 1.807) is 17.0 Å². The minimum absolute atomic E-state index is 0.165. The summed E-state index contributed by atoms with van der Waals surface area (Å²) in [7, 11) is 0. The first-order valence-electron chi connectivity index (χ1n) is 9.74. The molecular weight excluding hydrogens is 417 g/mol. The van der Waals surface area contributed by atoms with Crippen LogP contribution in [-0.2, 0) is 17.9 Å². The van der Waals surface area contributed by atoms with Crippen LogP contribution in [0.25, 0.3) is 5.65 Å². The minimum Gasteiger partial charge on any atom is -0.337 e. The predicted molar refractivity (Wildman–Crippen MR) is 115 cm³/mol. The molecule has 0 aliphatic heterocycles. The Morgan fingerprint density at radius 1 is 1.13 bits per heavy atom. The van der Waals surface area contributed by atoms with Crippen LogP contribution < -0.4 is 5.69 Å². The van der Waals surface area contributed by atoms with E-state index in [-0.39, 0.29) is 18.3 Å². The van der Waals surface area contributed by atoms with Gasteiger partial charge >= 0.3 is 5.69 Å².